The number of rotatable bonds is 29. The average Bonchev–Trinajstić information content (AvgIpc) is 4.08. The number of carbonyl (C=O) groups excluding carboxylic acids is 2. The third-order valence-corrected chi connectivity index (χ3v) is 12.6. The van der Waals surface area contributed by atoms with Crippen molar-refractivity contribution in [3.05, 3.63) is 53.6 Å². The van der Waals surface area contributed by atoms with Crippen molar-refractivity contribution in [1.82, 2.24) is 54.7 Å². The first-order chi connectivity index (χ1) is 34.8. The summed E-state index contributed by atoms with van der Waals surface area (Å²) in [6, 6.07) is 5.03. The quantitative estimate of drug-likeness (QED) is 0.0386. The summed E-state index contributed by atoms with van der Waals surface area (Å²) in [6.45, 7) is 15.2. The summed E-state index contributed by atoms with van der Waals surface area (Å²) in [5.41, 5.74) is 20.9. The molecule has 0 bridgehead atoms. The van der Waals surface area contributed by atoms with Gasteiger partial charge in [0.25, 0.3) is 0 Å². The first-order valence-corrected chi connectivity index (χ1v) is 25.4. The molecule has 6 rings (SSSR count). The second-order valence-corrected chi connectivity index (χ2v) is 19.2. The van der Waals surface area contributed by atoms with Gasteiger partial charge in [-0.2, -0.15) is 15.0 Å². The van der Waals surface area contributed by atoms with Crippen molar-refractivity contribution >= 4 is 42.1 Å². The number of aromatic nitrogens is 9. The van der Waals surface area contributed by atoms with Crippen LogP contribution in [0.1, 0.15) is 101 Å². The van der Waals surface area contributed by atoms with Gasteiger partial charge in [0.15, 0.2) is 0 Å². The van der Waals surface area contributed by atoms with E-state index in [-0.39, 0.29) is 48.7 Å². The maximum absolute atomic E-state index is 14.5. The van der Waals surface area contributed by atoms with E-state index in [2.05, 4.69) is 69.4 Å². The molecule has 0 saturated carbocycles. The number of unbranched alkanes of at least 4 members (excludes halogenated alkanes) is 1. The molecular formula is C49H78ClN17O6. The van der Waals surface area contributed by atoms with E-state index in [9.17, 15) is 14.7 Å². The summed E-state index contributed by atoms with van der Waals surface area (Å²) >= 11 is 0. The van der Waals surface area contributed by atoms with Crippen molar-refractivity contribution in [1.29, 1.82) is 0 Å². The van der Waals surface area contributed by atoms with E-state index in [1.165, 1.54) is 0 Å². The Morgan fingerprint density at radius 1 is 0.712 bits per heavy atom. The molecule has 2 saturated heterocycles. The van der Waals surface area contributed by atoms with Gasteiger partial charge in [-0.25, -0.2) is 9.36 Å². The molecule has 3 aromatic heterocycles. The van der Waals surface area contributed by atoms with Crippen LogP contribution >= 0.6 is 12.4 Å². The predicted octanol–water partition coefficient (Wildman–Crippen LogP) is 2.52. The van der Waals surface area contributed by atoms with E-state index >= 15 is 0 Å². The normalized spacial score (nSPS) is 15.8. The van der Waals surface area contributed by atoms with Gasteiger partial charge in [-0.05, 0) is 68.2 Å². The number of terminal acetylenes is 1. The fourth-order valence-electron chi connectivity index (χ4n) is 8.68. The molecule has 0 aliphatic carbocycles. The highest BCUT2D eigenvalue weighted by Crippen LogP contribution is 2.26. The van der Waals surface area contributed by atoms with Crippen LogP contribution in [-0.4, -0.2) is 177 Å². The lowest BCUT2D eigenvalue weighted by atomic mass is 10.0. The van der Waals surface area contributed by atoms with Crippen LogP contribution in [0, 0.1) is 24.2 Å². The molecule has 0 unspecified atom stereocenters. The van der Waals surface area contributed by atoms with Crippen LogP contribution in [0.25, 0.3) is 0 Å². The van der Waals surface area contributed by atoms with Crippen molar-refractivity contribution < 1.29 is 28.9 Å². The van der Waals surface area contributed by atoms with Crippen LogP contribution in [0.2, 0.25) is 0 Å². The molecule has 24 heteroatoms. The zero-order valence-electron chi connectivity index (χ0n) is 43.0. The number of carbonyl (C=O) groups is 2. The largest absolute Gasteiger partial charge is 0.508 e. The Kier molecular flexibility index (Phi) is 23.8. The standard InChI is InChI=1S/C49H77N17O6.ClH/c1-6-24-70-26-28-72-29-27-71-25-15-53-47-54-48(63-20-16-61(17-21-63)45(68)43(9-7-8-14-50)65-33-41(57-59-65)39(51)30-35(2)3)56-49(55-47)64-22-18-62(19-23-64)46(69)44(32-37-10-12-38(67)13-11-37)66-34-42(58-60-66)40(52)31-36(4)5;/h1,10-13,33-36,39-40,43-44,67H,7-9,14-32,50-52H2,2-5H3,(H,53,54,55,56);1H/t39-,40-,43-,44-;/m0./s1. The molecule has 4 atom stereocenters. The molecule has 0 spiro atoms. The number of aromatic hydroxyl groups is 1. The summed E-state index contributed by atoms with van der Waals surface area (Å²) in [5, 5.41) is 30.8. The summed E-state index contributed by atoms with van der Waals surface area (Å²) < 4.78 is 19.9. The molecule has 402 valence electrons. The zero-order valence-corrected chi connectivity index (χ0v) is 43.8. The number of phenolic OH excluding ortho intramolecular Hbond substituents is 1. The monoisotopic (exact) mass is 1040 g/mol. The number of phenols is 1. The second kappa shape index (κ2) is 29.8. The van der Waals surface area contributed by atoms with Crippen LogP contribution in [0.4, 0.5) is 17.8 Å². The summed E-state index contributed by atoms with van der Waals surface area (Å²) in [6.07, 6.45) is 12.8. The molecule has 0 radical (unpaired) electrons. The Hall–Kier alpha value is -5.74. The van der Waals surface area contributed by atoms with Crippen molar-refractivity contribution in [2.75, 3.05) is 120 Å². The van der Waals surface area contributed by atoms with Gasteiger partial charge < -0.3 is 61.4 Å². The van der Waals surface area contributed by atoms with Crippen LogP contribution in [0.15, 0.2) is 36.7 Å². The van der Waals surface area contributed by atoms with E-state index in [0.717, 1.165) is 31.2 Å². The maximum atomic E-state index is 14.5. The van der Waals surface area contributed by atoms with Crippen LogP contribution in [-0.2, 0) is 30.2 Å². The number of amides is 2. The van der Waals surface area contributed by atoms with E-state index in [0.29, 0.717) is 152 Å². The minimum Gasteiger partial charge on any atom is -0.508 e. The molecule has 23 nitrogen and oxygen atoms in total. The molecule has 4 aromatic rings. The van der Waals surface area contributed by atoms with Crippen LogP contribution in [0.3, 0.4) is 0 Å². The predicted molar refractivity (Wildman–Crippen MR) is 280 cm³/mol. The number of nitrogens with zero attached hydrogens (tertiary/aromatic N) is 13. The lowest BCUT2D eigenvalue weighted by Gasteiger charge is -2.38. The number of hydrogen-bond acceptors (Lipinski definition) is 19. The van der Waals surface area contributed by atoms with Crippen LogP contribution in [0.5, 0.6) is 5.75 Å². The number of anilines is 3. The molecule has 2 amide bonds. The lowest BCUT2D eigenvalue weighted by Crippen LogP contribution is -2.52. The average molecular weight is 1040 g/mol. The molecular weight excluding hydrogens is 958 g/mol. The molecule has 2 fully saturated rings. The van der Waals surface area contributed by atoms with Crippen molar-refractivity contribution in [3.8, 4) is 18.1 Å². The van der Waals surface area contributed by atoms with E-state index < -0.39 is 12.1 Å². The Morgan fingerprint density at radius 2 is 1.21 bits per heavy atom. The van der Waals surface area contributed by atoms with Crippen LogP contribution < -0.4 is 32.3 Å². The zero-order chi connectivity index (χ0) is 51.4. The van der Waals surface area contributed by atoms with E-state index in [1.807, 2.05) is 16.0 Å². The number of piperazine rings is 2. The smallest absolute Gasteiger partial charge is 0.247 e. The first kappa shape index (κ1) is 58.2. The molecule has 73 heavy (non-hydrogen) atoms. The number of hydrogen-bond donors (Lipinski definition) is 5. The van der Waals surface area contributed by atoms with Gasteiger partial charge >= 0.3 is 0 Å². The summed E-state index contributed by atoms with van der Waals surface area (Å²) in [4.78, 5) is 51.3. The van der Waals surface area contributed by atoms with Crippen molar-refractivity contribution in [2.45, 2.75) is 90.4 Å². The summed E-state index contributed by atoms with van der Waals surface area (Å²) in [7, 11) is 0. The number of ether oxygens (including phenoxy) is 3. The highest BCUT2D eigenvalue weighted by molar-refractivity contribution is 5.85. The molecule has 8 N–H and O–H groups in total. The fraction of sp³-hybridized carbons (Fsp3) is 0.653. The second-order valence-electron chi connectivity index (χ2n) is 19.2. The number of nitrogens with one attached hydrogen (secondary N) is 1. The lowest BCUT2D eigenvalue weighted by molar-refractivity contribution is -0.136. The number of benzene rings is 1. The Labute approximate surface area is 435 Å². The summed E-state index contributed by atoms with van der Waals surface area (Å²) in [5.74, 6) is 4.50. The molecule has 5 heterocycles. The molecule has 2 aliphatic heterocycles. The van der Waals surface area contributed by atoms with Gasteiger partial charge in [0, 0.05) is 65.3 Å². The first-order valence-electron chi connectivity index (χ1n) is 25.4. The van der Waals surface area contributed by atoms with Crippen molar-refractivity contribution in [3.63, 3.8) is 0 Å². The molecule has 1 aromatic carbocycles. The minimum absolute atomic E-state index is 0. The van der Waals surface area contributed by atoms with E-state index in [4.69, 9.17) is 52.8 Å². The number of halogens is 1. The van der Waals surface area contributed by atoms with Gasteiger partial charge in [-0.3, -0.25) is 9.59 Å². The van der Waals surface area contributed by atoms with Gasteiger partial charge in [-0.1, -0.05) is 56.2 Å². The number of nitrogens with two attached hydrogens (primary N) is 3. The Balaban J connectivity index is 0.00000988. The Bertz CT molecular complexity index is 2300. The van der Waals surface area contributed by atoms with Crippen molar-refractivity contribution in [2.24, 2.45) is 29.0 Å². The van der Waals surface area contributed by atoms with Gasteiger partial charge in [0.1, 0.15) is 24.4 Å². The Morgan fingerprint density at radius 3 is 1.71 bits per heavy atom. The van der Waals surface area contributed by atoms with Gasteiger partial charge in [0.05, 0.1) is 68.9 Å². The molecule has 2 aliphatic rings. The topological polar surface area (TPSA) is 285 Å². The fourth-order valence-corrected chi connectivity index (χ4v) is 8.68. The minimum atomic E-state index is -0.691. The maximum Gasteiger partial charge on any atom is 0.247 e. The highest BCUT2D eigenvalue weighted by atomic mass is 35.5. The SMILES string of the molecule is C#CCOCCOCCOCCNc1nc(N2CCN(C(=O)[C@H](CCCCN)n3cc([C@@H](N)CC(C)C)nn3)CC2)nc(N2CCN(C(=O)[C@H](Cc3ccc(O)cc3)n3cc([C@@H](N)CC(C)C)nn3)CC2)n1.Cl. The van der Waals surface area contributed by atoms with Gasteiger partial charge in [0.2, 0.25) is 29.7 Å². The van der Waals surface area contributed by atoms with E-state index in [1.54, 1.807) is 39.8 Å². The van der Waals surface area contributed by atoms with Gasteiger partial charge in [-0.15, -0.1) is 29.0 Å². The highest BCUT2D eigenvalue weighted by Gasteiger charge is 2.34. The third-order valence-electron chi connectivity index (χ3n) is 12.6. The third kappa shape index (κ3) is 17.7.